The van der Waals surface area contributed by atoms with Gasteiger partial charge >= 0.3 is 12.4 Å². The Morgan fingerprint density at radius 1 is 0.645 bits per heavy atom. The number of halogens is 8. The third kappa shape index (κ3) is 21.9. The van der Waals surface area contributed by atoms with E-state index < -0.39 is 222 Å². The van der Waals surface area contributed by atoms with Crippen molar-refractivity contribution in [2.75, 3.05) is 89.2 Å². The molecule has 4 saturated carbocycles. The fourth-order valence-electron chi connectivity index (χ4n) is 17.6. The topological polar surface area (TPSA) is 279 Å². The molecule has 2 bridgehead atoms. The number of ether oxygens (including phenoxy) is 1. The van der Waals surface area contributed by atoms with Crippen molar-refractivity contribution in [1.29, 1.82) is 0 Å². The smallest absolute Gasteiger partial charge is 0.377 e. The molecule has 33 heteroatoms. The molecule has 4 aliphatic carbocycles. The number of likely N-dealkylation sites (N-methyl/N-ethyl adjacent to an activating group) is 7. The number of hydrogen-bond donors (Lipinski definition) is 3. The summed E-state index contributed by atoms with van der Waals surface area (Å²) >= 11 is 6.30. The zero-order valence-corrected chi connectivity index (χ0v) is 67.5. The van der Waals surface area contributed by atoms with Gasteiger partial charge in [0.2, 0.25) is 70.9 Å². The van der Waals surface area contributed by atoms with Gasteiger partial charge in [-0.1, -0.05) is 85.8 Å². The maximum absolute atomic E-state index is 15.8. The van der Waals surface area contributed by atoms with Gasteiger partial charge in [-0.25, -0.2) is 4.39 Å². The van der Waals surface area contributed by atoms with Gasteiger partial charge in [0.05, 0.1) is 31.5 Å². The number of fused-ring (bicyclic) bond motifs is 3. The van der Waals surface area contributed by atoms with Crippen LogP contribution in [-0.2, 0) is 62.3 Å². The molecule has 622 valence electrons. The summed E-state index contributed by atoms with van der Waals surface area (Å²) in [6.07, 6.45) is -9.62. The lowest BCUT2D eigenvalue weighted by Gasteiger charge is -2.54. The molecule has 0 aromatic carbocycles. The Labute approximate surface area is 648 Å². The largest absolute Gasteiger partial charge is 0.396 e. The summed E-state index contributed by atoms with van der Waals surface area (Å²) in [5.41, 5.74) is -2.36. The molecule has 2 saturated heterocycles. The predicted octanol–water partition coefficient (Wildman–Crippen LogP) is 7.26. The Morgan fingerprint density at radius 3 is 1.79 bits per heavy atom. The summed E-state index contributed by atoms with van der Waals surface area (Å²) in [4.78, 5) is 193. The van der Waals surface area contributed by atoms with Gasteiger partial charge in [-0.05, 0) is 132 Å². The summed E-state index contributed by atoms with van der Waals surface area (Å²) in [6.45, 7) is 10.8. The maximum Gasteiger partial charge on any atom is 0.396 e. The highest BCUT2D eigenvalue weighted by molar-refractivity contribution is 6.21. The van der Waals surface area contributed by atoms with E-state index in [4.69, 9.17) is 16.3 Å². The summed E-state index contributed by atoms with van der Waals surface area (Å²) in [7, 11) is 11.0. The van der Waals surface area contributed by atoms with Gasteiger partial charge in [0, 0.05) is 87.9 Å². The van der Waals surface area contributed by atoms with Crippen molar-refractivity contribution in [2.24, 2.45) is 46.8 Å². The zero-order valence-electron chi connectivity index (χ0n) is 66.8. The van der Waals surface area contributed by atoms with Crippen molar-refractivity contribution in [3.05, 3.63) is 12.2 Å². The van der Waals surface area contributed by atoms with E-state index in [1.165, 1.54) is 76.0 Å². The summed E-state index contributed by atoms with van der Waals surface area (Å²) in [5, 5.41) is 6.88. The normalized spacial score (nSPS) is 31.9. The van der Waals surface area contributed by atoms with Crippen LogP contribution < -0.4 is 16.0 Å². The average molecular weight is 1590 g/mol. The van der Waals surface area contributed by atoms with Crippen molar-refractivity contribution >= 4 is 82.5 Å². The van der Waals surface area contributed by atoms with E-state index in [-0.39, 0.29) is 116 Å². The van der Waals surface area contributed by atoms with E-state index in [1.807, 2.05) is 27.7 Å². The molecular formula is C77H120ClF7N12O13. The van der Waals surface area contributed by atoms with Crippen LogP contribution in [0.4, 0.5) is 30.7 Å². The van der Waals surface area contributed by atoms with Gasteiger partial charge in [-0.2, -0.15) is 26.3 Å². The van der Waals surface area contributed by atoms with E-state index in [1.54, 1.807) is 32.9 Å². The first-order chi connectivity index (χ1) is 51.3. The van der Waals surface area contributed by atoms with Crippen LogP contribution in [0.3, 0.4) is 0 Å². The molecule has 0 aromatic heterocycles. The van der Waals surface area contributed by atoms with Crippen LogP contribution in [0.5, 0.6) is 0 Å². The molecular weight excluding hydrogens is 1470 g/mol. The van der Waals surface area contributed by atoms with E-state index in [9.17, 15) is 55.1 Å². The Morgan fingerprint density at radius 2 is 1.25 bits per heavy atom. The minimum Gasteiger partial charge on any atom is -0.377 e. The molecule has 4 unspecified atom stereocenters. The third-order valence-corrected chi connectivity index (χ3v) is 24.9. The third-order valence-electron chi connectivity index (χ3n) is 24.5. The van der Waals surface area contributed by atoms with Crippen molar-refractivity contribution < 1.29 is 93.0 Å². The first-order valence-electron chi connectivity index (χ1n) is 39.3. The quantitative estimate of drug-likeness (QED) is 0.0828. The Balaban J connectivity index is 1.34. The van der Waals surface area contributed by atoms with Gasteiger partial charge < -0.3 is 64.8 Å². The van der Waals surface area contributed by atoms with Gasteiger partial charge in [0.25, 0.3) is 0 Å². The molecule has 110 heavy (non-hydrogen) atoms. The first-order valence-corrected chi connectivity index (χ1v) is 39.8. The monoisotopic (exact) mass is 1590 g/mol. The number of hydrogen-bond acceptors (Lipinski definition) is 13. The van der Waals surface area contributed by atoms with Crippen LogP contribution in [0.25, 0.3) is 0 Å². The Hall–Kier alpha value is -6.86. The maximum atomic E-state index is 15.8. The summed E-state index contributed by atoms with van der Waals surface area (Å²) < 4.78 is 107. The second-order valence-corrected chi connectivity index (χ2v) is 34.0. The highest BCUT2D eigenvalue weighted by atomic mass is 35.5. The van der Waals surface area contributed by atoms with E-state index >= 15 is 33.2 Å². The van der Waals surface area contributed by atoms with Crippen molar-refractivity contribution in [3.63, 3.8) is 0 Å². The molecule has 3 N–H and O–H groups in total. The van der Waals surface area contributed by atoms with Gasteiger partial charge in [0.15, 0.2) is 0 Å². The number of alkyl halides is 8. The van der Waals surface area contributed by atoms with Crippen LogP contribution in [0.15, 0.2) is 12.2 Å². The van der Waals surface area contributed by atoms with Crippen LogP contribution in [-0.4, -0.2) is 288 Å². The fraction of sp³-hybridized carbons (Fsp3) is 0.818. The van der Waals surface area contributed by atoms with Crippen molar-refractivity contribution in [1.82, 2.24) is 60.0 Å². The average Bonchev–Trinajstić information content (AvgIpc) is 0.769. The molecule has 1 spiro atoms. The first kappa shape index (κ1) is 90.3. The number of nitrogens with zero attached hydrogens (tertiary/aromatic N) is 9. The highest BCUT2D eigenvalue weighted by Gasteiger charge is 2.60. The zero-order chi connectivity index (χ0) is 82.1. The molecule has 0 aromatic rings. The number of carbonyl (C=O) groups is 12. The molecule has 14 atom stereocenters. The van der Waals surface area contributed by atoms with Crippen LogP contribution in [0.2, 0.25) is 0 Å². The molecule has 3 aliphatic heterocycles. The SMILES string of the molecule is CCO[C@@H]1C[C@H]2C(=O)NC3(CC(C)(C)C3)C(=O)N(C)[C@@H](C(CC)CC)C(=O)N(C)[C@H](C(=O)N(C)C)CC(=O)N(C)[C@@H](CC3CC3)C(=O)N[C@@H]([C@@H](C)CC)C(=O)N(C)CC(=O)N(C)[C@H]3C/C=C\CCN(C3=O)[C@@H](CC3CCC(C(F)(F)F)CC3)C(=O)N(C)CC(=O)N[C@@H](CCC3CC(F)C(C(F)(F)F)C(Cl)C3)C(=O)N2C1. The molecule has 25 nitrogen and oxygen atoms in total. The lowest BCUT2D eigenvalue weighted by atomic mass is 9.58. The minimum absolute atomic E-state index is 0.00243. The number of rotatable bonds is 15. The number of amides is 12. The van der Waals surface area contributed by atoms with Gasteiger partial charge in [0.1, 0.15) is 66.0 Å². The lowest BCUT2D eigenvalue weighted by Crippen LogP contribution is -2.71. The highest BCUT2D eigenvalue weighted by Crippen LogP contribution is 2.50. The minimum atomic E-state index is -4.98. The van der Waals surface area contributed by atoms with Crippen molar-refractivity contribution in [2.45, 2.75) is 267 Å². The molecule has 3 heterocycles. The van der Waals surface area contributed by atoms with E-state index in [0.29, 0.717) is 19.3 Å². The second kappa shape index (κ2) is 37.9. The summed E-state index contributed by atoms with van der Waals surface area (Å²) in [6, 6.07) is -11.3. The van der Waals surface area contributed by atoms with E-state index in [2.05, 4.69) is 16.0 Å². The van der Waals surface area contributed by atoms with Crippen LogP contribution in [0, 0.1) is 46.8 Å². The number of nitrogens with one attached hydrogen (secondary N) is 3. The Kier molecular flexibility index (Phi) is 31.1. The van der Waals surface area contributed by atoms with Crippen LogP contribution in [0.1, 0.15) is 183 Å². The molecule has 6 fully saturated rings. The van der Waals surface area contributed by atoms with Crippen LogP contribution >= 0.6 is 11.6 Å². The predicted molar refractivity (Wildman–Crippen MR) is 395 cm³/mol. The molecule has 7 aliphatic rings. The van der Waals surface area contributed by atoms with Crippen molar-refractivity contribution in [3.8, 4) is 0 Å². The van der Waals surface area contributed by atoms with E-state index in [0.717, 1.165) is 37.3 Å². The lowest BCUT2D eigenvalue weighted by molar-refractivity contribution is -0.199. The second-order valence-electron chi connectivity index (χ2n) is 33.4. The number of carbonyl (C=O) groups excluding carboxylic acids is 12. The van der Waals surface area contributed by atoms with Gasteiger partial charge in [-0.15, -0.1) is 11.6 Å². The molecule has 0 radical (unpaired) electrons. The summed E-state index contributed by atoms with van der Waals surface area (Å²) in [5.74, 6) is -16.0. The van der Waals surface area contributed by atoms with Gasteiger partial charge in [-0.3, -0.25) is 57.5 Å². The fourth-order valence-corrected chi connectivity index (χ4v) is 18.2. The Bertz CT molecular complexity index is 3310. The molecule has 7 rings (SSSR count). The standard InChI is InChI=1S/C77H120ClF7N12O13/c1-16-44(5)63-71(107)91(11)41-61(100)92(12)54-23-21-20-22-32-96(70(54)106)58(36-46-26-29-49(30-27-46)76(80,81)82)69(105)90(10)40-59(98)86-53(31-28-47-33-51(78)62(52(79)34-47)77(83,84)85)67(103)97-39-50(110-19-4)37-56(97)66(102)88-75(42-74(6,7)43-75)73(109)95(15)64(48(17-2)18-3)72(108)94(14)57(68(104)89(8)9)38-60(99)93(13)55(65(101)87-63)35-45-24-25-45/h20-21,44-58,62-64H,16-19,22-43H2,1-15H3,(H,86,98)(H,87,101)(H,88,102)/b21-20-/t44-,46?,47?,49?,50+,51?,52?,53-,54-,55-,56-,57-,58-,62?,63-,64-/m0/s1. The molecule has 12 amide bonds.